The van der Waals surface area contributed by atoms with E-state index in [-0.39, 0.29) is 0 Å². The maximum absolute atomic E-state index is 10.9. The topological polar surface area (TPSA) is 46.5 Å². The molecule has 0 heterocycles. The minimum atomic E-state index is -0.809. The van der Waals surface area contributed by atoms with Gasteiger partial charge in [-0.05, 0) is 50.5 Å². The van der Waals surface area contributed by atoms with E-state index in [9.17, 15) is 4.79 Å². The Kier molecular flexibility index (Phi) is 5.03. The number of carboxylic acid groups (broad SMARTS) is 1. The van der Waals surface area contributed by atoms with Crippen LogP contribution in [0.25, 0.3) is 0 Å². The molecule has 0 spiro atoms. The van der Waals surface area contributed by atoms with Crippen molar-refractivity contribution in [2.45, 2.75) is 33.6 Å². The van der Waals surface area contributed by atoms with Crippen molar-refractivity contribution in [1.82, 2.24) is 0 Å². The molecule has 0 amide bonds. The summed E-state index contributed by atoms with van der Waals surface area (Å²) in [6.45, 7) is 5.79. The standard InChI is InChI=1S/C14H19ClO3/c1-4-10-9-11(5-6-12(10)15)18-8-7-14(2,3)13(16)17/h5-6,9H,4,7-8H2,1-3H3,(H,16,17). The normalized spacial score (nSPS) is 11.3. The number of carbonyl (C=O) groups is 1. The van der Waals surface area contributed by atoms with Gasteiger partial charge in [-0.25, -0.2) is 0 Å². The highest BCUT2D eigenvalue weighted by atomic mass is 35.5. The van der Waals surface area contributed by atoms with Gasteiger partial charge in [-0.3, -0.25) is 4.79 Å². The van der Waals surface area contributed by atoms with E-state index in [2.05, 4.69) is 0 Å². The van der Waals surface area contributed by atoms with Gasteiger partial charge in [0.05, 0.1) is 12.0 Å². The maximum Gasteiger partial charge on any atom is 0.309 e. The number of rotatable bonds is 6. The number of benzene rings is 1. The molecule has 0 aliphatic rings. The van der Waals surface area contributed by atoms with Gasteiger partial charge in [0, 0.05) is 5.02 Å². The van der Waals surface area contributed by atoms with Gasteiger partial charge < -0.3 is 9.84 Å². The van der Waals surface area contributed by atoms with Gasteiger partial charge in [0.2, 0.25) is 0 Å². The van der Waals surface area contributed by atoms with Crippen molar-refractivity contribution in [2.24, 2.45) is 5.41 Å². The minimum Gasteiger partial charge on any atom is -0.494 e. The van der Waals surface area contributed by atoms with Crippen LogP contribution in [0.1, 0.15) is 32.8 Å². The van der Waals surface area contributed by atoms with E-state index in [0.29, 0.717) is 13.0 Å². The second-order valence-electron chi connectivity index (χ2n) is 4.89. The number of aliphatic carboxylic acids is 1. The van der Waals surface area contributed by atoms with Gasteiger partial charge in [-0.1, -0.05) is 18.5 Å². The maximum atomic E-state index is 10.9. The third-order valence-corrected chi connectivity index (χ3v) is 3.34. The van der Waals surface area contributed by atoms with Crippen LogP contribution < -0.4 is 4.74 Å². The van der Waals surface area contributed by atoms with Crippen molar-refractivity contribution in [3.8, 4) is 5.75 Å². The highest BCUT2D eigenvalue weighted by Crippen LogP contribution is 2.24. The van der Waals surface area contributed by atoms with Crippen LogP contribution in [0.5, 0.6) is 5.75 Å². The number of hydrogen-bond donors (Lipinski definition) is 1. The first-order chi connectivity index (χ1) is 8.36. The summed E-state index contributed by atoms with van der Waals surface area (Å²) in [4.78, 5) is 10.9. The smallest absolute Gasteiger partial charge is 0.309 e. The van der Waals surface area contributed by atoms with Gasteiger partial charge in [0.1, 0.15) is 5.75 Å². The molecule has 100 valence electrons. The molecule has 1 aromatic carbocycles. The first-order valence-corrected chi connectivity index (χ1v) is 6.39. The van der Waals surface area contributed by atoms with Crippen molar-refractivity contribution < 1.29 is 14.6 Å². The summed E-state index contributed by atoms with van der Waals surface area (Å²) in [6, 6.07) is 5.50. The molecule has 0 unspecified atom stereocenters. The average Bonchev–Trinajstić information content (AvgIpc) is 2.31. The lowest BCUT2D eigenvalue weighted by Gasteiger charge is -2.19. The van der Waals surface area contributed by atoms with E-state index in [1.54, 1.807) is 26.0 Å². The summed E-state index contributed by atoms with van der Waals surface area (Å²) in [7, 11) is 0. The number of ether oxygens (including phenoxy) is 1. The molecule has 1 N–H and O–H groups in total. The molecule has 4 heteroatoms. The summed E-state index contributed by atoms with van der Waals surface area (Å²) in [5.41, 5.74) is 0.270. The zero-order valence-corrected chi connectivity index (χ0v) is 11.8. The first-order valence-electron chi connectivity index (χ1n) is 6.01. The first kappa shape index (κ1) is 14.8. The van der Waals surface area contributed by atoms with E-state index in [1.807, 2.05) is 13.0 Å². The van der Waals surface area contributed by atoms with E-state index in [1.165, 1.54) is 0 Å². The highest BCUT2D eigenvalue weighted by Gasteiger charge is 2.26. The minimum absolute atomic E-state index is 0.379. The van der Waals surface area contributed by atoms with Gasteiger partial charge in [-0.2, -0.15) is 0 Å². The average molecular weight is 271 g/mol. The van der Waals surface area contributed by atoms with Crippen LogP contribution in [0, 0.1) is 5.41 Å². The molecule has 0 aliphatic heterocycles. The fraction of sp³-hybridized carbons (Fsp3) is 0.500. The van der Waals surface area contributed by atoms with E-state index < -0.39 is 11.4 Å². The summed E-state index contributed by atoms with van der Waals surface area (Å²) in [5.74, 6) is -0.0751. The van der Waals surface area contributed by atoms with Gasteiger partial charge in [0.25, 0.3) is 0 Å². The summed E-state index contributed by atoms with van der Waals surface area (Å²) >= 11 is 6.01. The Morgan fingerprint density at radius 1 is 1.44 bits per heavy atom. The molecular weight excluding hydrogens is 252 g/mol. The third-order valence-electron chi connectivity index (χ3n) is 2.97. The number of carboxylic acids is 1. The van der Waals surface area contributed by atoms with Crippen molar-refractivity contribution in [3.05, 3.63) is 28.8 Å². The SMILES string of the molecule is CCc1cc(OCCC(C)(C)C(=O)O)ccc1Cl. The van der Waals surface area contributed by atoms with Crippen LogP contribution in [0.15, 0.2) is 18.2 Å². The van der Waals surface area contributed by atoms with E-state index in [0.717, 1.165) is 22.8 Å². The zero-order chi connectivity index (χ0) is 13.8. The quantitative estimate of drug-likeness (QED) is 0.856. The predicted molar refractivity (Wildman–Crippen MR) is 72.4 cm³/mol. The Hall–Kier alpha value is -1.22. The molecule has 0 bridgehead atoms. The molecule has 0 atom stereocenters. The number of aryl methyl sites for hydroxylation is 1. The van der Waals surface area contributed by atoms with Crippen molar-refractivity contribution >= 4 is 17.6 Å². The van der Waals surface area contributed by atoms with Crippen LogP contribution in [-0.4, -0.2) is 17.7 Å². The molecule has 0 fully saturated rings. The van der Waals surface area contributed by atoms with Crippen LogP contribution >= 0.6 is 11.6 Å². The second kappa shape index (κ2) is 6.10. The Balaban J connectivity index is 2.57. The molecule has 1 rings (SSSR count). The number of hydrogen-bond acceptors (Lipinski definition) is 2. The Morgan fingerprint density at radius 2 is 2.11 bits per heavy atom. The molecule has 0 saturated heterocycles. The molecule has 3 nitrogen and oxygen atoms in total. The van der Waals surface area contributed by atoms with Crippen LogP contribution in [0.2, 0.25) is 5.02 Å². The molecule has 18 heavy (non-hydrogen) atoms. The highest BCUT2D eigenvalue weighted by molar-refractivity contribution is 6.31. The molecule has 1 aromatic rings. The van der Waals surface area contributed by atoms with E-state index >= 15 is 0 Å². The monoisotopic (exact) mass is 270 g/mol. The third kappa shape index (κ3) is 3.91. The van der Waals surface area contributed by atoms with Crippen molar-refractivity contribution in [1.29, 1.82) is 0 Å². The Labute approximate surface area is 113 Å². The van der Waals surface area contributed by atoms with Crippen molar-refractivity contribution in [2.75, 3.05) is 6.61 Å². The lowest BCUT2D eigenvalue weighted by Crippen LogP contribution is -2.25. The van der Waals surface area contributed by atoms with Crippen LogP contribution in [0.3, 0.4) is 0 Å². The van der Waals surface area contributed by atoms with Gasteiger partial charge in [0.15, 0.2) is 0 Å². The van der Waals surface area contributed by atoms with Gasteiger partial charge in [-0.15, -0.1) is 0 Å². The molecular formula is C14H19ClO3. The van der Waals surface area contributed by atoms with Crippen LogP contribution in [0.4, 0.5) is 0 Å². The van der Waals surface area contributed by atoms with Crippen molar-refractivity contribution in [3.63, 3.8) is 0 Å². The summed E-state index contributed by atoms with van der Waals surface area (Å²) < 4.78 is 5.57. The lowest BCUT2D eigenvalue weighted by molar-refractivity contribution is -0.147. The fourth-order valence-corrected chi connectivity index (χ4v) is 1.69. The molecule has 0 aromatic heterocycles. The fourth-order valence-electron chi connectivity index (χ4n) is 1.44. The predicted octanol–water partition coefficient (Wildman–Crippen LogP) is 3.78. The summed E-state index contributed by atoms with van der Waals surface area (Å²) in [6.07, 6.45) is 1.31. The summed E-state index contributed by atoms with van der Waals surface area (Å²) in [5, 5.41) is 9.72. The molecule has 0 aliphatic carbocycles. The van der Waals surface area contributed by atoms with Gasteiger partial charge >= 0.3 is 5.97 Å². The van der Waals surface area contributed by atoms with Crippen LogP contribution in [-0.2, 0) is 11.2 Å². The largest absolute Gasteiger partial charge is 0.494 e. The lowest BCUT2D eigenvalue weighted by atomic mass is 9.90. The molecule has 0 saturated carbocycles. The Morgan fingerprint density at radius 3 is 2.67 bits per heavy atom. The second-order valence-corrected chi connectivity index (χ2v) is 5.30. The van der Waals surface area contributed by atoms with E-state index in [4.69, 9.17) is 21.4 Å². The Bertz CT molecular complexity index is 427. The number of halogens is 1. The molecule has 0 radical (unpaired) electrons. The zero-order valence-electron chi connectivity index (χ0n) is 11.0.